The summed E-state index contributed by atoms with van der Waals surface area (Å²) in [6, 6.07) is 0. The minimum absolute atomic E-state index is 0.377. The lowest BCUT2D eigenvalue weighted by molar-refractivity contribution is -0.116. The maximum Gasteiger partial charge on any atom is 0.155 e. The molecule has 0 spiro atoms. The Bertz CT molecular complexity index is 612. The minimum atomic E-state index is -0.532. The summed E-state index contributed by atoms with van der Waals surface area (Å²) in [6.07, 6.45) is 14.1. The average molecular weight is 373 g/mol. The molecule has 0 heterocycles. The molecule has 2 nitrogen and oxygen atoms in total. The predicted molar refractivity (Wildman–Crippen MR) is 110 cm³/mol. The van der Waals surface area contributed by atoms with E-state index in [0.29, 0.717) is 17.1 Å². The van der Waals surface area contributed by atoms with Crippen molar-refractivity contribution < 1.29 is 9.90 Å². The van der Waals surface area contributed by atoms with Gasteiger partial charge in [0.2, 0.25) is 0 Å². The number of rotatable bonds is 4. The molecule has 0 aliphatic heterocycles. The van der Waals surface area contributed by atoms with E-state index in [4.69, 9.17) is 0 Å². The van der Waals surface area contributed by atoms with Crippen molar-refractivity contribution in [2.75, 3.05) is 0 Å². The third-order valence-electron chi connectivity index (χ3n) is 9.27. The Morgan fingerprint density at radius 1 is 1.15 bits per heavy atom. The van der Waals surface area contributed by atoms with Gasteiger partial charge in [-0.25, -0.2) is 0 Å². The lowest BCUT2D eigenvalue weighted by atomic mass is 9.50. The Kier molecular flexibility index (Phi) is 5.11. The topological polar surface area (TPSA) is 37.3 Å². The third kappa shape index (κ3) is 3.56. The van der Waals surface area contributed by atoms with Crippen molar-refractivity contribution in [1.82, 2.24) is 0 Å². The number of ketones is 1. The fourth-order valence-corrected chi connectivity index (χ4v) is 7.94. The van der Waals surface area contributed by atoms with E-state index in [9.17, 15) is 9.90 Å². The van der Waals surface area contributed by atoms with Crippen LogP contribution in [0.15, 0.2) is 11.6 Å². The first-order valence-corrected chi connectivity index (χ1v) is 11.6. The first-order chi connectivity index (χ1) is 12.7. The second-order valence-corrected chi connectivity index (χ2v) is 11.4. The molecular formula is C25H40O2. The number of hydrogen-bond acceptors (Lipinski definition) is 2. The fraction of sp³-hybridized carbons (Fsp3) is 0.880. The molecule has 0 saturated heterocycles. The van der Waals surface area contributed by atoms with Gasteiger partial charge >= 0.3 is 0 Å². The maximum atomic E-state index is 11.9. The van der Waals surface area contributed by atoms with Crippen LogP contribution in [0.2, 0.25) is 0 Å². The summed E-state index contributed by atoms with van der Waals surface area (Å²) >= 11 is 0. The molecule has 1 N–H and O–H groups in total. The standard InChI is InChI=1S/C25H40O2/c1-16(11-13-24(2,3)27)22-9-10-23-21-7-5-17-15-18(26)6-8-19(17)20(21)12-14-25(22,23)4/h15-16,19-23,27H,5-14H2,1-4H3/t16-,19+,20?,21?,22-,23?,25-/m1/s1. The van der Waals surface area contributed by atoms with Gasteiger partial charge in [-0.2, -0.15) is 0 Å². The molecule has 152 valence electrons. The predicted octanol–water partition coefficient (Wildman–Crippen LogP) is 5.93. The van der Waals surface area contributed by atoms with Crippen LogP contribution in [0.25, 0.3) is 0 Å². The number of hydrogen-bond donors (Lipinski definition) is 1. The third-order valence-corrected chi connectivity index (χ3v) is 9.27. The minimum Gasteiger partial charge on any atom is -0.390 e. The van der Waals surface area contributed by atoms with Crippen LogP contribution in [-0.2, 0) is 4.79 Å². The van der Waals surface area contributed by atoms with Gasteiger partial charge in [-0.1, -0.05) is 19.4 Å². The number of fused-ring (bicyclic) bond motifs is 5. The summed E-state index contributed by atoms with van der Waals surface area (Å²) in [7, 11) is 0. The Hall–Kier alpha value is -0.630. The van der Waals surface area contributed by atoms with Gasteiger partial charge in [0.1, 0.15) is 0 Å². The number of allylic oxidation sites excluding steroid dienone is 1. The summed E-state index contributed by atoms with van der Waals surface area (Å²) in [5.74, 6) is 5.28. The van der Waals surface area contributed by atoms with E-state index >= 15 is 0 Å². The van der Waals surface area contributed by atoms with Gasteiger partial charge < -0.3 is 5.11 Å². The molecule has 3 unspecified atom stereocenters. The van der Waals surface area contributed by atoms with Crippen LogP contribution in [0.4, 0.5) is 0 Å². The maximum absolute atomic E-state index is 11.9. The molecule has 0 bridgehead atoms. The smallest absolute Gasteiger partial charge is 0.155 e. The average Bonchev–Trinajstić information content (AvgIpc) is 2.96. The van der Waals surface area contributed by atoms with Crippen molar-refractivity contribution >= 4 is 5.78 Å². The van der Waals surface area contributed by atoms with Crippen molar-refractivity contribution in [3.8, 4) is 0 Å². The summed E-state index contributed by atoms with van der Waals surface area (Å²) in [5, 5.41) is 10.2. The molecule has 3 saturated carbocycles. The van der Waals surface area contributed by atoms with Gasteiger partial charge in [0, 0.05) is 6.42 Å². The normalized spacial score (nSPS) is 42.8. The van der Waals surface area contributed by atoms with E-state index in [0.717, 1.165) is 55.3 Å². The molecule has 0 aromatic carbocycles. The molecule has 4 aliphatic rings. The van der Waals surface area contributed by atoms with Crippen LogP contribution in [0.1, 0.15) is 91.9 Å². The molecule has 0 radical (unpaired) electrons. The molecule has 27 heavy (non-hydrogen) atoms. The van der Waals surface area contributed by atoms with Crippen LogP contribution in [0.5, 0.6) is 0 Å². The van der Waals surface area contributed by atoms with Crippen LogP contribution < -0.4 is 0 Å². The van der Waals surface area contributed by atoms with Gasteiger partial charge in [0.15, 0.2) is 5.78 Å². The Balaban J connectivity index is 1.48. The fourth-order valence-electron chi connectivity index (χ4n) is 7.94. The molecular weight excluding hydrogens is 332 g/mol. The Morgan fingerprint density at radius 2 is 1.93 bits per heavy atom. The first-order valence-electron chi connectivity index (χ1n) is 11.6. The van der Waals surface area contributed by atoms with Crippen molar-refractivity contribution in [1.29, 1.82) is 0 Å². The SMILES string of the molecule is C[C@H](CCC(C)(C)O)[C@H]1CCC2C3CCC4=CC(=O)CC[C@@H]4C3CC[C@@]21C. The van der Waals surface area contributed by atoms with Gasteiger partial charge in [-0.3, -0.25) is 4.79 Å². The van der Waals surface area contributed by atoms with Crippen molar-refractivity contribution in [2.45, 2.75) is 97.5 Å². The van der Waals surface area contributed by atoms with E-state index in [1.54, 1.807) is 0 Å². The summed E-state index contributed by atoms with van der Waals surface area (Å²) in [6.45, 7) is 8.96. The zero-order valence-electron chi connectivity index (χ0n) is 18.0. The Morgan fingerprint density at radius 3 is 2.67 bits per heavy atom. The zero-order chi connectivity index (χ0) is 19.4. The zero-order valence-corrected chi connectivity index (χ0v) is 18.0. The number of carbonyl (C=O) groups is 1. The molecule has 4 aliphatic carbocycles. The largest absolute Gasteiger partial charge is 0.390 e. The molecule has 0 aromatic rings. The highest BCUT2D eigenvalue weighted by Crippen LogP contribution is 2.65. The number of carbonyl (C=O) groups excluding carboxylic acids is 1. The first kappa shape index (κ1) is 19.7. The number of aliphatic hydroxyl groups is 1. The van der Waals surface area contributed by atoms with Gasteiger partial charge in [0.25, 0.3) is 0 Å². The highest BCUT2D eigenvalue weighted by Gasteiger charge is 2.56. The monoisotopic (exact) mass is 372 g/mol. The van der Waals surface area contributed by atoms with E-state index in [1.807, 2.05) is 19.9 Å². The van der Waals surface area contributed by atoms with Crippen molar-refractivity contribution in [3.63, 3.8) is 0 Å². The molecule has 4 rings (SSSR count). The highest BCUT2D eigenvalue weighted by atomic mass is 16.3. The quantitative estimate of drug-likeness (QED) is 0.664. The van der Waals surface area contributed by atoms with E-state index < -0.39 is 5.60 Å². The van der Waals surface area contributed by atoms with Crippen LogP contribution in [-0.4, -0.2) is 16.5 Å². The molecule has 2 heteroatoms. The summed E-state index contributed by atoms with van der Waals surface area (Å²) < 4.78 is 0. The van der Waals surface area contributed by atoms with Gasteiger partial charge in [0.05, 0.1) is 5.60 Å². The lowest BCUT2D eigenvalue weighted by Crippen LogP contribution is -2.47. The van der Waals surface area contributed by atoms with E-state index in [-0.39, 0.29) is 0 Å². The summed E-state index contributed by atoms with van der Waals surface area (Å²) in [4.78, 5) is 11.9. The highest BCUT2D eigenvalue weighted by molar-refractivity contribution is 5.91. The molecule has 0 amide bonds. The van der Waals surface area contributed by atoms with Crippen LogP contribution in [0.3, 0.4) is 0 Å². The van der Waals surface area contributed by atoms with E-state index in [2.05, 4.69) is 13.8 Å². The van der Waals surface area contributed by atoms with E-state index in [1.165, 1.54) is 44.1 Å². The van der Waals surface area contributed by atoms with Gasteiger partial charge in [-0.15, -0.1) is 0 Å². The lowest BCUT2D eigenvalue weighted by Gasteiger charge is -2.54. The molecule has 0 aromatic heterocycles. The van der Waals surface area contributed by atoms with Crippen molar-refractivity contribution in [3.05, 3.63) is 11.6 Å². The van der Waals surface area contributed by atoms with Crippen LogP contribution >= 0.6 is 0 Å². The van der Waals surface area contributed by atoms with Crippen LogP contribution in [0, 0.1) is 40.9 Å². The second-order valence-electron chi connectivity index (χ2n) is 11.4. The molecule has 7 atom stereocenters. The Labute approximate surface area is 166 Å². The second kappa shape index (κ2) is 7.01. The van der Waals surface area contributed by atoms with Crippen molar-refractivity contribution in [2.24, 2.45) is 40.9 Å². The molecule has 3 fully saturated rings. The summed E-state index contributed by atoms with van der Waals surface area (Å²) in [5.41, 5.74) is 1.48. The van der Waals surface area contributed by atoms with Gasteiger partial charge in [-0.05, 0) is 119 Å².